The third-order valence-electron chi connectivity index (χ3n) is 5.92. The molecule has 13 heteroatoms. The molecule has 4 aromatic rings. The Kier molecular flexibility index (Phi) is 8.74. The van der Waals surface area contributed by atoms with Crippen LogP contribution in [-0.2, 0) is 20.1 Å². The number of rotatable bonds is 10. The Hall–Kier alpha value is -4.49. The van der Waals surface area contributed by atoms with E-state index >= 15 is 0 Å². The number of hydrogen-bond donors (Lipinski definition) is 4. The van der Waals surface area contributed by atoms with Crippen molar-refractivity contribution in [1.82, 2.24) is 24.4 Å². The number of aromatic nitrogens is 4. The van der Waals surface area contributed by atoms with Gasteiger partial charge in [0.15, 0.2) is 11.6 Å². The summed E-state index contributed by atoms with van der Waals surface area (Å²) in [6, 6.07) is 7.23. The number of carbonyl (C=O) groups is 1. The lowest BCUT2D eigenvalue weighted by atomic mass is 10.1. The Bertz CT molecular complexity index is 1500. The molecule has 0 aliphatic rings. The number of H-pyrrole nitrogens is 1. The summed E-state index contributed by atoms with van der Waals surface area (Å²) >= 11 is 0. The molecule has 0 bridgehead atoms. The summed E-state index contributed by atoms with van der Waals surface area (Å²) in [6.45, 7) is 2.72. The molecule has 0 unspecified atom stereocenters. The minimum Gasteiger partial charge on any atom is -0.337 e. The van der Waals surface area contributed by atoms with Gasteiger partial charge in [0.1, 0.15) is 11.6 Å². The highest BCUT2D eigenvalue weighted by Crippen LogP contribution is 2.20. The SMILES string of the molecule is Cn1ccnc1CN(CCCN)Cc1ccc(-c2c[nH]c(NC(=O)Nc3cc(F)c(F)cc3F)nc2=O)cc1. The Morgan fingerprint density at radius 1 is 1.08 bits per heavy atom. The fourth-order valence-corrected chi connectivity index (χ4v) is 3.87. The molecule has 0 fully saturated rings. The van der Waals surface area contributed by atoms with Crippen LogP contribution in [0.5, 0.6) is 0 Å². The quantitative estimate of drug-likeness (QED) is 0.227. The predicted molar refractivity (Wildman–Crippen MR) is 140 cm³/mol. The van der Waals surface area contributed by atoms with Gasteiger partial charge in [-0.2, -0.15) is 4.98 Å². The highest BCUT2D eigenvalue weighted by Gasteiger charge is 2.14. The average Bonchev–Trinajstić information content (AvgIpc) is 3.30. The van der Waals surface area contributed by atoms with Crippen molar-refractivity contribution in [3.8, 4) is 11.1 Å². The molecule has 204 valence electrons. The maximum atomic E-state index is 13.8. The molecular weight excluding hydrogens is 513 g/mol. The van der Waals surface area contributed by atoms with E-state index in [-0.39, 0.29) is 11.5 Å². The molecule has 2 amide bonds. The fraction of sp³-hybridized carbons (Fsp3) is 0.231. The monoisotopic (exact) mass is 540 g/mol. The smallest absolute Gasteiger partial charge is 0.326 e. The number of carbonyl (C=O) groups excluding carboxylic acids is 1. The number of anilines is 2. The first-order valence-electron chi connectivity index (χ1n) is 12.0. The van der Waals surface area contributed by atoms with E-state index in [1.54, 1.807) is 18.3 Å². The second-order valence-corrected chi connectivity index (χ2v) is 8.80. The summed E-state index contributed by atoms with van der Waals surface area (Å²) in [5.41, 5.74) is 6.44. The van der Waals surface area contributed by atoms with Gasteiger partial charge in [0.25, 0.3) is 5.56 Å². The Labute approximate surface area is 221 Å². The first-order chi connectivity index (χ1) is 18.7. The van der Waals surface area contributed by atoms with E-state index in [1.807, 2.05) is 35.3 Å². The van der Waals surface area contributed by atoms with Gasteiger partial charge in [0.05, 0.1) is 17.8 Å². The molecule has 5 N–H and O–H groups in total. The van der Waals surface area contributed by atoms with E-state index in [4.69, 9.17) is 5.73 Å². The molecule has 0 saturated carbocycles. The van der Waals surface area contributed by atoms with Gasteiger partial charge in [0.2, 0.25) is 5.95 Å². The molecule has 0 aliphatic carbocycles. The van der Waals surface area contributed by atoms with Crippen molar-refractivity contribution in [3.05, 3.63) is 94.2 Å². The Balaban J connectivity index is 1.41. The lowest BCUT2D eigenvalue weighted by Crippen LogP contribution is -2.27. The molecular formula is C26H27F3N8O2. The fourth-order valence-electron chi connectivity index (χ4n) is 3.87. The van der Waals surface area contributed by atoms with E-state index in [1.165, 1.54) is 6.20 Å². The summed E-state index contributed by atoms with van der Waals surface area (Å²) in [5.74, 6) is -3.15. The highest BCUT2D eigenvalue weighted by atomic mass is 19.2. The lowest BCUT2D eigenvalue weighted by molar-refractivity contribution is 0.246. The number of halogens is 3. The summed E-state index contributed by atoms with van der Waals surface area (Å²) in [4.78, 5) is 37.9. The largest absolute Gasteiger partial charge is 0.337 e. The van der Waals surface area contributed by atoms with Crippen LogP contribution in [0.4, 0.5) is 29.6 Å². The first kappa shape index (κ1) is 27.5. The second-order valence-electron chi connectivity index (χ2n) is 8.80. The minimum atomic E-state index is -1.39. The molecule has 2 aromatic heterocycles. The van der Waals surface area contributed by atoms with Crippen molar-refractivity contribution in [2.24, 2.45) is 12.8 Å². The maximum absolute atomic E-state index is 13.8. The van der Waals surface area contributed by atoms with Crippen molar-refractivity contribution in [1.29, 1.82) is 0 Å². The molecule has 2 aromatic carbocycles. The van der Waals surface area contributed by atoms with Gasteiger partial charge in [-0.25, -0.2) is 22.9 Å². The van der Waals surface area contributed by atoms with Gasteiger partial charge in [-0.3, -0.25) is 15.0 Å². The molecule has 10 nitrogen and oxygen atoms in total. The maximum Gasteiger partial charge on any atom is 0.326 e. The number of nitrogens with one attached hydrogen (secondary N) is 3. The average molecular weight is 541 g/mol. The number of aromatic amines is 1. The summed E-state index contributed by atoms with van der Waals surface area (Å²) < 4.78 is 42.1. The van der Waals surface area contributed by atoms with E-state index in [9.17, 15) is 22.8 Å². The third kappa shape index (κ3) is 7.09. The zero-order chi connectivity index (χ0) is 27.9. The van der Waals surface area contributed by atoms with Crippen LogP contribution in [0.3, 0.4) is 0 Å². The van der Waals surface area contributed by atoms with E-state index in [0.717, 1.165) is 24.4 Å². The zero-order valence-corrected chi connectivity index (χ0v) is 21.0. The van der Waals surface area contributed by atoms with Gasteiger partial charge >= 0.3 is 6.03 Å². The molecule has 2 heterocycles. The molecule has 4 rings (SSSR count). The van der Waals surface area contributed by atoms with Crippen LogP contribution in [0.15, 0.2) is 59.8 Å². The summed E-state index contributed by atoms with van der Waals surface area (Å²) in [7, 11) is 1.95. The van der Waals surface area contributed by atoms with Gasteiger partial charge in [-0.05, 0) is 24.1 Å². The molecule has 39 heavy (non-hydrogen) atoms. The first-order valence-corrected chi connectivity index (χ1v) is 12.0. The van der Waals surface area contributed by atoms with Crippen molar-refractivity contribution in [2.45, 2.75) is 19.5 Å². The van der Waals surface area contributed by atoms with Crippen LogP contribution >= 0.6 is 0 Å². The molecule has 0 spiro atoms. The number of urea groups is 1. The number of nitrogens with two attached hydrogens (primary N) is 1. The number of hydrogen-bond acceptors (Lipinski definition) is 6. The minimum absolute atomic E-state index is 0.217. The topological polar surface area (TPSA) is 134 Å². The van der Waals surface area contributed by atoms with Crippen molar-refractivity contribution < 1.29 is 18.0 Å². The van der Waals surface area contributed by atoms with Crippen molar-refractivity contribution in [2.75, 3.05) is 23.7 Å². The number of benzene rings is 2. The third-order valence-corrected chi connectivity index (χ3v) is 5.92. The molecule has 0 aliphatic heterocycles. The molecule has 0 saturated heterocycles. The van der Waals surface area contributed by atoms with E-state index in [2.05, 4.69) is 25.2 Å². The number of nitrogens with zero attached hydrogens (tertiary/aromatic N) is 4. The van der Waals surface area contributed by atoms with Gasteiger partial charge < -0.3 is 20.6 Å². The van der Waals surface area contributed by atoms with Gasteiger partial charge in [-0.15, -0.1) is 0 Å². The Morgan fingerprint density at radius 3 is 2.49 bits per heavy atom. The van der Waals surface area contributed by atoms with Crippen molar-refractivity contribution >= 4 is 17.7 Å². The zero-order valence-electron chi connectivity index (χ0n) is 21.0. The number of aryl methyl sites for hydroxylation is 1. The van der Waals surface area contributed by atoms with Crippen LogP contribution in [0.25, 0.3) is 11.1 Å². The summed E-state index contributed by atoms with van der Waals surface area (Å²) in [5, 5.41) is 4.25. The summed E-state index contributed by atoms with van der Waals surface area (Å²) in [6.07, 6.45) is 5.89. The van der Waals surface area contributed by atoms with E-state index < -0.39 is 34.7 Å². The highest BCUT2D eigenvalue weighted by molar-refractivity contribution is 5.98. The number of amides is 2. The molecule has 0 radical (unpaired) electrons. The second kappa shape index (κ2) is 12.4. The van der Waals surface area contributed by atoms with Crippen LogP contribution in [0.2, 0.25) is 0 Å². The molecule has 0 atom stereocenters. The van der Waals surface area contributed by atoms with Crippen molar-refractivity contribution in [3.63, 3.8) is 0 Å². The van der Waals surface area contributed by atoms with Crippen LogP contribution in [0.1, 0.15) is 17.8 Å². The van der Waals surface area contributed by atoms with E-state index in [0.29, 0.717) is 37.3 Å². The predicted octanol–water partition coefficient (Wildman–Crippen LogP) is 3.58. The Morgan fingerprint density at radius 2 is 1.82 bits per heavy atom. The normalized spacial score (nSPS) is 11.1. The standard InChI is InChI=1S/C26H27F3N8O2/c1-36-10-8-31-23(36)15-37(9-2-7-30)14-16-3-5-17(6-4-16)18-13-32-25(34-24(18)38)35-26(39)33-22-12-20(28)19(27)11-21(22)29/h3-6,8,10-13H,2,7,9,14-15,30H2,1H3,(H3,32,33,34,35,38,39). The lowest BCUT2D eigenvalue weighted by Gasteiger charge is -2.22. The number of imidazole rings is 1. The van der Waals surface area contributed by atoms with Crippen LogP contribution in [-0.4, -0.2) is 43.5 Å². The van der Waals surface area contributed by atoms with Crippen LogP contribution in [0, 0.1) is 17.5 Å². The van der Waals surface area contributed by atoms with Gasteiger partial charge in [0, 0.05) is 50.9 Å². The van der Waals surface area contributed by atoms with Crippen LogP contribution < -0.4 is 21.9 Å². The van der Waals surface area contributed by atoms with Gasteiger partial charge in [-0.1, -0.05) is 24.3 Å².